The lowest BCUT2D eigenvalue weighted by atomic mass is 10.1. The van der Waals surface area contributed by atoms with E-state index in [-0.39, 0.29) is 5.91 Å². The first-order valence-electron chi connectivity index (χ1n) is 8.32. The number of carbonyl (C=O) groups is 1. The van der Waals surface area contributed by atoms with Gasteiger partial charge in [0.2, 0.25) is 0 Å². The summed E-state index contributed by atoms with van der Waals surface area (Å²) < 4.78 is 1.79. The lowest BCUT2D eigenvalue weighted by molar-refractivity contribution is 0.0880. The Balaban J connectivity index is 2.17. The van der Waals surface area contributed by atoms with Crippen LogP contribution in [-0.2, 0) is 6.42 Å². The van der Waals surface area contributed by atoms with E-state index in [0.717, 1.165) is 43.7 Å². The predicted octanol–water partition coefficient (Wildman–Crippen LogP) is 4.17. The summed E-state index contributed by atoms with van der Waals surface area (Å²) in [5.41, 5.74) is 4.37. The molecule has 0 fully saturated rings. The van der Waals surface area contributed by atoms with Crippen LogP contribution in [0, 0.1) is 6.92 Å². The van der Waals surface area contributed by atoms with Crippen molar-refractivity contribution < 1.29 is 4.79 Å². The Morgan fingerprint density at radius 1 is 1.17 bits per heavy atom. The minimum absolute atomic E-state index is 0.0839. The number of rotatable bonds is 7. The maximum Gasteiger partial charge on any atom is 0.262 e. The predicted molar refractivity (Wildman–Crippen MR) is 105 cm³/mol. The van der Waals surface area contributed by atoms with Gasteiger partial charge in [0, 0.05) is 35.2 Å². The highest BCUT2D eigenvalue weighted by Gasteiger charge is 2.16. The largest absolute Gasteiger partial charge is 0.358 e. The van der Waals surface area contributed by atoms with Gasteiger partial charge in [-0.2, -0.15) is 0 Å². The number of aryl methyl sites for hydroxylation is 2. The average Bonchev–Trinajstić information content (AvgIpc) is 2.88. The van der Waals surface area contributed by atoms with Crippen LogP contribution in [0.1, 0.15) is 42.4 Å². The van der Waals surface area contributed by atoms with Crippen molar-refractivity contribution in [2.45, 2.75) is 34.1 Å². The number of hydrogen-bond donors (Lipinski definition) is 1. The molecular formula is C18H26IN3O. The van der Waals surface area contributed by atoms with Gasteiger partial charge in [-0.3, -0.25) is 7.91 Å². The second kappa shape index (κ2) is 8.15. The topological polar surface area (TPSA) is 39.3 Å². The second-order valence-electron chi connectivity index (χ2n) is 5.76. The van der Waals surface area contributed by atoms with Crippen molar-refractivity contribution in [1.82, 2.24) is 13.0 Å². The van der Waals surface area contributed by atoms with Gasteiger partial charge in [0.05, 0.1) is 22.9 Å². The minimum Gasteiger partial charge on any atom is -0.358 e. The number of hydrogen-bond acceptors (Lipinski definition) is 2. The van der Waals surface area contributed by atoms with Gasteiger partial charge >= 0.3 is 0 Å². The van der Waals surface area contributed by atoms with Crippen molar-refractivity contribution in [3.63, 3.8) is 0 Å². The first-order valence-corrected chi connectivity index (χ1v) is 9.29. The van der Waals surface area contributed by atoms with Crippen molar-refractivity contribution in [2.75, 3.05) is 26.2 Å². The van der Waals surface area contributed by atoms with Crippen molar-refractivity contribution in [1.29, 1.82) is 0 Å². The molecule has 2 aromatic rings. The summed E-state index contributed by atoms with van der Waals surface area (Å²) in [6.45, 7) is 12.2. The van der Waals surface area contributed by atoms with Crippen LogP contribution in [0.2, 0.25) is 0 Å². The van der Waals surface area contributed by atoms with Gasteiger partial charge in [0.25, 0.3) is 5.91 Å². The number of nitrogens with one attached hydrogen (secondary N) is 1. The number of benzene rings is 1. The summed E-state index contributed by atoms with van der Waals surface area (Å²) in [5, 5.41) is 1.17. The normalized spacial score (nSPS) is 11.4. The molecule has 1 N–H and O–H groups in total. The number of fused-ring (bicyclic) bond motifs is 1. The molecule has 1 heterocycles. The molecule has 0 bridgehead atoms. The smallest absolute Gasteiger partial charge is 0.262 e. The van der Waals surface area contributed by atoms with Gasteiger partial charge in [-0.25, -0.2) is 0 Å². The maximum atomic E-state index is 12.7. The van der Waals surface area contributed by atoms with Gasteiger partial charge in [-0.15, -0.1) is 0 Å². The molecule has 1 aromatic carbocycles. The lowest BCUT2D eigenvalue weighted by Gasteiger charge is -2.21. The van der Waals surface area contributed by atoms with E-state index in [1.165, 1.54) is 16.6 Å². The molecule has 0 atom stereocenters. The van der Waals surface area contributed by atoms with Gasteiger partial charge in [-0.05, 0) is 50.2 Å². The highest BCUT2D eigenvalue weighted by molar-refractivity contribution is 14.1. The number of likely N-dealkylation sites (N-methyl/N-ethyl adjacent to an activating group) is 1. The lowest BCUT2D eigenvalue weighted by Crippen LogP contribution is -2.33. The third-order valence-electron chi connectivity index (χ3n) is 4.45. The molecule has 23 heavy (non-hydrogen) atoms. The second-order valence-corrected chi connectivity index (χ2v) is 6.92. The fourth-order valence-corrected chi connectivity index (χ4v) is 3.48. The SMILES string of the molecule is CCc1c(C)[nH]c2ccc(C(=O)N(I)CCN(CC)CC)cc12. The summed E-state index contributed by atoms with van der Waals surface area (Å²) in [7, 11) is 0. The Labute approximate surface area is 152 Å². The standard InChI is InChI=1S/C18H26IN3O/c1-5-15-13(4)20-17-9-8-14(12-16(15)17)18(23)22(19)11-10-21(6-2)7-3/h8-9,12,20H,5-7,10-11H2,1-4H3. The summed E-state index contributed by atoms with van der Waals surface area (Å²) in [6.07, 6.45) is 0.972. The van der Waals surface area contributed by atoms with E-state index < -0.39 is 0 Å². The average molecular weight is 427 g/mol. The molecule has 0 radical (unpaired) electrons. The Morgan fingerprint density at radius 2 is 1.87 bits per heavy atom. The van der Waals surface area contributed by atoms with Crippen molar-refractivity contribution in [3.05, 3.63) is 35.0 Å². The van der Waals surface area contributed by atoms with Gasteiger partial charge in [0.1, 0.15) is 0 Å². The molecule has 1 amide bonds. The van der Waals surface area contributed by atoms with Crippen LogP contribution in [0.3, 0.4) is 0 Å². The van der Waals surface area contributed by atoms with E-state index in [1.807, 2.05) is 18.2 Å². The summed E-state index contributed by atoms with van der Waals surface area (Å²) >= 11 is 2.13. The molecular weight excluding hydrogens is 401 g/mol. The van der Waals surface area contributed by atoms with E-state index in [0.29, 0.717) is 0 Å². The third kappa shape index (κ3) is 4.07. The first-order chi connectivity index (χ1) is 11.0. The zero-order valence-corrected chi connectivity index (χ0v) is 16.6. The maximum absolute atomic E-state index is 12.7. The van der Waals surface area contributed by atoms with Crippen molar-refractivity contribution >= 4 is 39.7 Å². The number of H-pyrrole nitrogens is 1. The van der Waals surface area contributed by atoms with Crippen LogP contribution in [0.25, 0.3) is 10.9 Å². The monoisotopic (exact) mass is 427 g/mol. The summed E-state index contributed by atoms with van der Waals surface area (Å²) in [5.74, 6) is 0.0839. The van der Waals surface area contributed by atoms with E-state index in [1.54, 1.807) is 3.11 Å². The zero-order chi connectivity index (χ0) is 17.0. The molecule has 5 heteroatoms. The van der Waals surface area contributed by atoms with Crippen molar-refractivity contribution in [3.8, 4) is 0 Å². The number of amides is 1. The van der Waals surface area contributed by atoms with E-state index in [9.17, 15) is 4.79 Å². The summed E-state index contributed by atoms with van der Waals surface area (Å²) in [4.78, 5) is 18.4. The number of aromatic amines is 1. The van der Waals surface area contributed by atoms with E-state index in [4.69, 9.17) is 0 Å². The fourth-order valence-electron chi connectivity index (χ4n) is 2.98. The zero-order valence-electron chi connectivity index (χ0n) is 14.4. The number of aromatic nitrogens is 1. The molecule has 4 nitrogen and oxygen atoms in total. The highest BCUT2D eigenvalue weighted by atomic mass is 127. The van der Waals surface area contributed by atoms with E-state index >= 15 is 0 Å². The molecule has 0 saturated carbocycles. The van der Waals surface area contributed by atoms with Crippen LogP contribution in [0.5, 0.6) is 0 Å². The van der Waals surface area contributed by atoms with Gasteiger partial charge in [0.15, 0.2) is 0 Å². The fraction of sp³-hybridized carbons (Fsp3) is 0.500. The molecule has 0 aliphatic carbocycles. The molecule has 126 valence electrons. The Kier molecular flexibility index (Phi) is 6.47. The molecule has 0 aliphatic rings. The number of halogens is 1. The van der Waals surface area contributed by atoms with Crippen LogP contribution < -0.4 is 0 Å². The highest BCUT2D eigenvalue weighted by Crippen LogP contribution is 2.24. The minimum atomic E-state index is 0.0839. The Morgan fingerprint density at radius 3 is 2.48 bits per heavy atom. The van der Waals surface area contributed by atoms with E-state index in [2.05, 4.69) is 60.4 Å². The van der Waals surface area contributed by atoms with Crippen LogP contribution in [-0.4, -0.2) is 45.1 Å². The molecule has 1 aromatic heterocycles. The summed E-state index contributed by atoms with van der Waals surface area (Å²) in [6, 6.07) is 5.97. The number of carbonyl (C=O) groups excluding carboxylic acids is 1. The molecule has 0 unspecified atom stereocenters. The molecule has 0 saturated heterocycles. The Hall–Kier alpha value is -1.08. The molecule has 0 aliphatic heterocycles. The number of nitrogens with zero attached hydrogens (tertiary/aromatic N) is 2. The quantitative estimate of drug-likeness (QED) is 0.532. The first kappa shape index (κ1) is 18.3. The van der Waals surface area contributed by atoms with Crippen molar-refractivity contribution in [2.24, 2.45) is 0 Å². The van der Waals surface area contributed by atoms with Gasteiger partial charge < -0.3 is 9.88 Å². The van der Waals surface area contributed by atoms with Crippen LogP contribution in [0.4, 0.5) is 0 Å². The van der Waals surface area contributed by atoms with Crippen LogP contribution in [0.15, 0.2) is 18.2 Å². The van der Waals surface area contributed by atoms with Crippen LogP contribution >= 0.6 is 22.9 Å². The van der Waals surface area contributed by atoms with Gasteiger partial charge in [-0.1, -0.05) is 20.8 Å². The Bertz CT molecular complexity index is 676. The molecule has 2 rings (SSSR count). The third-order valence-corrected chi connectivity index (χ3v) is 5.37. The molecule has 0 spiro atoms.